The van der Waals surface area contributed by atoms with Crippen LogP contribution in [0.4, 0.5) is 5.00 Å². The van der Waals surface area contributed by atoms with E-state index in [2.05, 4.69) is 5.32 Å². The largest absolute Gasteiger partial charge is 0.478 e. The molecule has 0 fully saturated rings. The van der Waals surface area contributed by atoms with E-state index in [4.69, 9.17) is 10.4 Å². The molecular weight excluding hydrogens is 252 g/mol. The molecule has 0 saturated carbocycles. The number of hydrogen-bond donors (Lipinski definition) is 2. The van der Waals surface area contributed by atoms with Gasteiger partial charge in [-0.2, -0.15) is 5.26 Å². The Labute approximate surface area is 108 Å². The van der Waals surface area contributed by atoms with E-state index < -0.39 is 11.9 Å². The predicted molar refractivity (Wildman–Crippen MR) is 68.5 cm³/mol. The zero-order valence-electron chi connectivity index (χ0n) is 10.2. The molecule has 0 saturated heterocycles. The number of carbonyl (C=O) groups is 2. The van der Waals surface area contributed by atoms with E-state index in [1.54, 1.807) is 6.92 Å². The molecule has 0 aromatic carbocycles. The van der Waals surface area contributed by atoms with Crippen LogP contribution in [0.3, 0.4) is 0 Å². The summed E-state index contributed by atoms with van der Waals surface area (Å²) in [6.07, 6.45) is 0.828. The molecule has 0 spiro atoms. The number of carboxylic acid groups (broad SMARTS) is 1. The Balaban J connectivity index is 3.00. The standard InChI is InChI=1S/C12H12N2O3S/c1-6(4-10(15)16)11(17)14-12-9(5-13)7(2)8(3)18-12/h4H,1-3H3,(H,14,17)(H,15,16)/b6-4-. The Bertz CT molecular complexity index is 579. The van der Waals surface area contributed by atoms with Crippen molar-refractivity contribution in [1.82, 2.24) is 0 Å². The highest BCUT2D eigenvalue weighted by atomic mass is 32.1. The molecule has 5 nitrogen and oxygen atoms in total. The van der Waals surface area contributed by atoms with Crippen LogP contribution < -0.4 is 5.32 Å². The molecule has 1 rings (SSSR count). The summed E-state index contributed by atoms with van der Waals surface area (Å²) in [6, 6.07) is 2.03. The van der Waals surface area contributed by atoms with E-state index in [1.807, 2.05) is 13.0 Å². The quantitative estimate of drug-likeness (QED) is 0.819. The first-order valence-electron chi connectivity index (χ1n) is 5.09. The van der Waals surface area contributed by atoms with Crippen molar-refractivity contribution < 1.29 is 14.7 Å². The van der Waals surface area contributed by atoms with Crippen LogP contribution in [0, 0.1) is 25.2 Å². The second-order valence-electron chi connectivity index (χ2n) is 3.72. The van der Waals surface area contributed by atoms with Crippen molar-refractivity contribution in [1.29, 1.82) is 5.26 Å². The van der Waals surface area contributed by atoms with E-state index in [-0.39, 0.29) is 5.57 Å². The van der Waals surface area contributed by atoms with E-state index >= 15 is 0 Å². The van der Waals surface area contributed by atoms with Crippen LogP contribution >= 0.6 is 11.3 Å². The molecule has 18 heavy (non-hydrogen) atoms. The zero-order chi connectivity index (χ0) is 13.9. The van der Waals surface area contributed by atoms with Crippen LogP contribution in [-0.4, -0.2) is 17.0 Å². The molecule has 6 heteroatoms. The van der Waals surface area contributed by atoms with Gasteiger partial charge in [0.2, 0.25) is 0 Å². The molecule has 0 unspecified atom stereocenters. The number of carbonyl (C=O) groups excluding carboxylic acids is 1. The number of carboxylic acids is 1. The minimum atomic E-state index is -1.18. The molecule has 0 bridgehead atoms. The van der Waals surface area contributed by atoms with Gasteiger partial charge in [0.1, 0.15) is 11.1 Å². The Morgan fingerprint density at radius 3 is 2.56 bits per heavy atom. The van der Waals surface area contributed by atoms with Crippen molar-refractivity contribution in [2.24, 2.45) is 0 Å². The molecule has 0 atom stereocenters. The lowest BCUT2D eigenvalue weighted by Crippen LogP contribution is -2.13. The molecule has 0 aliphatic carbocycles. The lowest BCUT2D eigenvalue weighted by atomic mass is 10.2. The summed E-state index contributed by atoms with van der Waals surface area (Å²) in [5, 5.41) is 20.6. The van der Waals surface area contributed by atoms with Gasteiger partial charge in [0.25, 0.3) is 5.91 Å². The molecule has 1 amide bonds. The number of nitriles is 1. The van der Waals surface area contributed by atoms with Crippen LogP contribution in [0.5, 0.6) is 0 Å². The molecule has 1 heterocycles. The molecule has 0 aliphatic heterocycles. The summed E-state index contributed by atoms with van der Waals surface area (Å²) in [4.78, 5) is 23.1. The first kappa shape index (κ1) is 13.9. The van der Waals surface area contributed by atoms with E-state index in [0.717, 1.165) is 16.5 Å². The summed E-state index contributed by atoms with van der Waals surface area (Å²) in [5.74, 6) is -1.70. The van der Waals surface area contributed by atoms with Gasteiger partial charge >= 0.3 is 5.97 Å². The van der Waals surface area contributed by atoms with Gasteiger partial charge in [0.05, 0.1) is 5.56 Å². The maximum Gasteiger partial charge on any atom is 0.328 e. The summed E-state index contributed by atoms with van der Waals surface area (Å²) < 4.78 is 0. The van der Waals surface area contributed by atoms with Gasteiger partial charge < -0.3 is 10.4 Å². The number of amides is 1. The van der Waals surface area contributed by atoms with Gasteiger partial charge in [-0.1, -0.05) is 0 Å². The Morgan fingerprint density at radius 2 is 2.06 bits per heavy atom. The summed E-state index contributed by atoms with van der Waals surface area (Å²) >= 11 is 1.30. The summed E-state index contributed by atoms with van der Waals surface area (Å²) in [7, 11) is 0. The number of anilines is 1. The molecule has 0 aliphatic rings. The fraction of sp³-hybridized carbons (Fsp3) is 0.250. The summed E-state index contributed by atoms with van der Waals surface area (Å²) in [5.41, 5.74) is 1.33. The fourth-order valence-electron chi connectivity index (χ4n) is 1.30. The van der Waals surface area contributed by atoms with Crippen LogP contribution in [-0.2, 0) is 9.59 Å². The average Bonchev–Trinajstić information content (AvgIpc) is 2.53. The molecule has 1 aromatic heterocycles. The lowest BCUT2D eigenvalue weighted by molar-refractivity contribution is -0.131. The first-order chi connectivity index (χ1) is 8.36. The first-order valence-corrected chi connectivity index (χ1v) is 5.91. The smallest absolute Gasteiger partial charge is 0.328 e. The Kier molecular flexibility index (Phi) is 4.23. The highest BCUT2D eigenvalue weighted by molar-refractivity contribution is 7.16. The number of aryl methyl sites for hydroxylation is 1. The summed E-state index contributed by atoms with van der Waals surface area (Å²) in [6.45, 7) is 5.07. The number of aliphatic carboxylic acids is 1. The monoisotopic (exact) mass is 264 g/mol. The normalized spacial score (nSPS) is 10.9. The third kappa shape index (κ3) is 2.96. The van der Waals surface area contributed by atoms with Crippen molar-refractivity contribution in [3.8, 4) is 6.07 Å². The van der Waals surface area contributed by atoms with Crippen molar-refractivity contribution in [2.45, 2.75) is 20.8 Å². The zero-order valence-corrected chi connectivity index (χ0v) is 11.0. The molecule has 1 aromatic rings. The van der Waals surface area contributed by atoms with Gasteiger partial charge in [-0.05, 0) is 26.3 Å². The van der Waals surface area contributed by atoms with Crippen molar-refractivity contribution in [2.75, 3.05) is 5.32 Å². The van der Waals surface area contributed by atoms with Crippen LogP contribution in [0.25, 0.3) is 0 Å². The Morgan fingerprint density at radius 1 is 1.44 bits per heavy atom. The minimum absolute atomic E-state index is 0.0788. The van der Waals surface area contributed by atoms with E-state index in [9.17, 15) is 9.59 Å². The van der Waals surface area contributed by atoms with Crippen LogP contribution in [0.15, 0.2) is 11.6 Å². The van der Waals surface area contributed by atoms with E-state index in [0.29, 0.717) is 10.6 Å². The van der Waals surface area contributed by atoms with Crippen LogP contribution in [0.1, 0.15) is 22.9 Å². The van der Waals surface area contributed by atoms with Crippen molar-refractivity contribution in [3.05, 3.63) is 27.7 Å². The molecular formula is C12H12N2O3S. The third-order valence-corrected chi connectivity index (χ3v) is 3.54. The number of rotatable bonds is 3. The van der Waals surface area contributed by atoms with Gasteiger partial charge in [-0.15, -0.1) is 11.3 Å². The number of nitrogens with one attached hydrogen (secondary N) is 1. The fourth-order valence-corrected chi connectivity index (χ4v) is 2.31. The highest BCUT2D eigenvalue weighted by Crippen LogP contribution is 2.31. The molecule has 0 radical (unpaired) electrons. The van der Waals surface area contributed by atoms with Crippen molar-refractivity contribution >= 4 is 28.2 Å². The SMILES string of the molecule is C/C(=C/C(=O)O)C(=O)Nc1sc(C)c(C)c1C#N. The number of hydrogen-bond acceptors (Lipinski definition) is 4. The highest BCUT2D eigenvalue weighted by Gasteiger charge is 2.15. The Hall–Kier alpha value is -2.13. The second kappa shape index (κ2) is 5.47. The molecule has 94 valence electrons. The molecule has 2 N–H and O–H groups in total. The minimum Gasteiger partial charge on any atom is -0.478 e. The third-order valence-electron chi connectivity index (χ3n) is 2.42. The van der Waals surface area contributed by atoms with Gasteiger partial charge in [-0.3, -0.25) is 4.79 Å². The van der Waals surface area contributed by atoms with Crippen LogP contribution in [0.2, 0.25) is 0 Å². The van der Waals surface area contributed by atoms with E-state index in [1.165, 1.54) is 18.3 Å². The van der Waals surface area contributed by atoms with Gasteiger partial charge in [-0.25, -0.2) is 4.79 Å². The van der Waals surface area contributed by atoms with Gasteiger partial charge in [0.15, 0.2) is 0 Å². The topological polar surface area (TPSA) is 90.2 Å². The van der Waals surface area contributed by atoms with Crippen molar-refractivity contribution in [3.63, 3.8) is 0 Å². The maximum absolute atomic E-state index is 11.7. The maximum atomic E-state index is 11.7. The van der Waals surface area contributed by atoms with Gasteiger partial charge in [0, 0.05) is 16.5 Å². The lowest BCUT2D eigenvalue weighted by Gasteiger charge is -2.02. The predicted octanol–water partition coefficient (Wildman–Crippen LogP) is 2.21. The average molecular weight is 264 g/mol. The second-order valence-corrected chi connectivity index (χ2v) is 4.94. The number of thiophene rings is 1. The number of nitrogens with zero attached hydrogens (tertiary/aromatic N) is 1.